The van der Waals surface area contributed by atoms with E-state index < -0.39 is 0 Å². The molecule has 3 nitrogen and oxygen atoms in total. The molecule has 0 fully saturated rings. The molecule has 0 aromatic heterocycles. The number of hydrogen-bond donors (Lipinski definition) is 2. The largest absolute Gasteiger partial charge is 0.394 e. The van der Waals surface area contributed by atoms with Crippen molar-refractivity contribution in [1.82, 2.24) is 5.32 Å². The van der Waals surface area contributed by atoms with Gasteiger partial charge in [-0.25, -0.2) is 0 Å². The Bertz CT molecular complexity index is 334. The summed E-state index contributed by atoms with van der Waals surface area (Å²) in [5.74, 6) is 0. The zero-order chi connectivity index (χ0) is 12.5. The number of nitrogens with one attached hydrogen (secondary N) is 1. The lowest BCUT2D eigenvalue weighted by Gasteiger charge is -2.07. The second kappa shape index (κ2) is 8.72. The van der Waals surface area contributed by atoms with Crippen LogP contribution in [0.1, 0.15) is 5.56 Å². The zero-order valence-corrected chi connectivity index (χ0v) is 11.1. The Morgan fingerprint density at radius 2 is 2.00 bits per heavy atom. The molecule has 2 N–H and O–H groups in total. The number of ether oxygens (including phenoxy) is 1. The molecule has 0 atom stereocenters. The Labute approximate surface area is 112 Å². The second-order valence-electron chi connectivity index (χ2n) is 3.57. The summed E-state index contributed by atoms with van der Waals surface area (Å²) in [6.45, 7) is 2.68. The van der Waals surface area contributed by atoms with Gasteiger partial charge in [0.05, 0.1) is 19.8 Å². The quantitative estimate of drug-likeness (QED) is 0.716. The van der Waals surface area contributed by atoms with E-state index >= 15 is 0 Å². The molecular formula is C12H17Cl2NO2. The van der Waals surface area contributed by atoms with Gasteiger partial charge in [0.25, 0.3) is 0 Å². The van der Waals surface area contributed by atoms with Crippen molar-refractivity contribution < 1.29 is 9.84 Å². The smallest absolute Gasteiger partial charge is 0.0698 e. The monoisotopic (exact) mass is 277 g/mol. The van der Waals surface area contributed by atoms with Crippen LogP contribution >= 0.6 is 23.2 Å². The Morgan fingerprint density at radius 3 is 2.71 bits per heavy atom. The fourth-order valence-corrected chi connectivity index (χ4v) is 1.89. The highest BCUT2D eigenvalue weighted by Crippen LogP contribution is 2.20. The predicted molar refractivity (Wildman–Crippen MR) is 70.9 cm³/mol. The molecule has 0 aliphatic heterocycles. The number of benzene rings is 1. The third-order valence-corrected chi connectivity index (χ3v) is 2.83. The summed E-state index contributed by atoms with van der Waals surface area (Å²) in [7, 11) is 0. The third-order valence-electron chi connectivity index (χ3n) is 2.25. The topological polar surface area (TPSA) is 41.5 Å². The summed E-state index contributed by atoms with van der Waals surface area (Å²) < 4.78 is 5.12. The molecule has 0 saturated carbocycles. The van der Waals surface area contributed by atoms with Crippen molar-refractivity contribution in [2.75, 3.05) is 32.9 Å². The van der Waals surface area contributed by atoms with Crippen molar-refractivity contribution in [3.63, 3.8) is 0 Å². The van der Waals surface area contributed by atoms with Gasteiger partial charge in [-0.1, -0.05) is 29.3 Å². The zero-order valence-electron chi connectivity index (χ0n) is 9.59. The van der Waals surface area contributed by atoms with Crippen LogP contribution < -0.4 is 5.32 Å². The molecule has 1 aromatic carbocycles. The molecule has 0 heterocycles. The molecule has 0 unspecified atom stereocenters. The first kappa shape index (κ1) is 14.7. The summed E-state index contributed by atoms with van der Waals surface area (Å²) in [6.07, 6.45) is 0.857. The minimum Gasteiger partial charge on any atom is -0.394 e. The van der Waals surface area contributed by atoms with Crippen LogP contribution in [0.3, 0.4) is 0 Å². The van der Waals surface area contributed by atoms with Gasteiger partial charge in [0.2, 0.25) is 0 Å². The van der Waals surface area contributed by atoms with Crippen molar-refractivity contribution in [2.24, 2.45) is 0 Å². The second-order valence-corrected chi connectivity index (χ2v) is 4.42. The number of aliphatic hydroxyl groups excluding tert-OH is 1. The lowest BCUT2D eigenvalue weighted by Crippen LogP contribution is -2.22. The molecule has 0 radical (unpaired) electrons. The molecule has 0 aliphatic carbocycles. The van der Waals surface area contributed by atoms with Gasteiger partial charge in [-0.15, -0.1) is 0 Å². The Morgan fingerprint density at radius 1 is 1.18 bits per heavy atom. The molecule has 1 rings (SSSR count). The maximum absolute atomic E-state index is 8.50. The van der Waals surface area contributed by atoms with Crippen LogP contribution in [0.5, 0.6) is 0 Å². The Balaban J connectivity index is 2.14. The molecule has 0 bridgehead atoms. The van der Waals surface area contributed by atoms with E-state index in [9.17, 15) is 0 Å². The van der Waals surface area contributed by atoms with E-state index in [2.05, 4.69) is 5.32 Å². The van der Waals surface area contributed by atoms with Crippen LogP contribution in [0.2, 0.25) is 10.0 Å². The molecule has 0 saturated heterocycles. The third kappa shape index (κ3) is 6.24. The fourth-order valence-electron chi connectivity index (χ4n) is 1.38. The summed E-state index contributed by atoms with van der Waals surface area (Å²) in [5.41, 5.74) is 1.08. The molecule has 96 valence electrons. The van der Waals surface area contributed by atoms with E-state index in [1.54, 1.807) is 6.07 Å². The van der Waals surface area contributed by atoms with E-state index in [0.29, 0.717) is 23.3 Å². The van der Waals surface area contributed by atoms with Crippen molar-refractivity contribution >= 4 is 23.2 Å². The normalized spacial score (nSPS) is 10.8. The standard InChI is InChI=1S/C12H17Cl2NO2/c13-11-2-1-10(12(14)9-11)3-4-15-5-7-17-8-6-16/h1-2,9,15-16H,3-8H2. The number of rotatable bonds is 8. The minimum atomic E-state index is 0.0698. The van der Waals surface area contributed by atoms with Crippen LogP contribution in [0.25, 0.3) is 0 Å². The van der Waals surface area contributed by atoms with E-state index in [4.69, 9.17) is 33.0 Å². The summed E-state index contributed by atoms with van der Waals surface area (Å²) in [4.78, 5) is 0. The summed E-state index contributed by atoms with van der Waals surface area (Å²) >= 11 is 11.9. The average Bonchev–Trinajstić information content (AvgIpc) is 2.30. The van der Waals surface area contributed by atoms with Crippen LogP contribution in [0.15, 0.2) is 18.2 Å². The van der Waals surface area contributed by atoms with Gasteiger partial charge in [-0.05, 0) is 30.7 Å². The fraction of sp³-hybridized carbons (Fsp3) is 0.500. The van der Waals surface area contributed by atoms with E-state index in [-0.39, 0.29) is 6.61 Å². The minimum absolute atomic E-state index is 0.0698. The van der Waals surface area contributed by atoms with Gasteiger partial charge < -0.3 is 15.2 Å². The van der Waals surface area contributed by atoms with E-state index in [1.807, 2.05) is 12.1 Å². The molecule has 17 heavy (non-hydrogen) atoms. The van der Waals surface area contributed by atoms with Crippen LogP contribution in [-0.4, -0.2) is 38.0 Å². The number of aliphatic hydroxyl groups is 1. The van der Waals surface area contributed by atoms with Gasteiger partial charge in [0.1, 0.15) is 0 Å². The van der Waals surface area contributed by atoms with Crippen molar-refractivity contribution in [3.8, 4) is 0 Å². The summed E-state index contributed by atoms with van der Waals surface area (Å²) in [5, 5.41) is 13.1. The predicted octanol–water partition coefficient (Wildman–Crippen LogP) is 2.13. The lowest BCUT2D eigenvalue weighted by atomic mass is 10.1. The van der Waals surface area contributed by atoms with Gasteiger partial charge in [-0.3, -0.25) is 0 Å². The maximum Gasteiger partial charge on any atom is 0.0698 e. The van der Waals surface area contributed by atoms with Gasteiger partial charge in [0, 0.05) is 16.6 Å². The molecule has 0 amide bonds. The molecular weight excluding hydrogens is 261 g/mol. The first-order chi connectivity index (χ1) is 8.24. The van der Waals surface area contributed by atoms with Gasteiger partial charge in [-0.2, -0.15) is 0 Å². The molecule has 0 spiro atoms. The van der Waals surface area contributed by atoms with E-state index in [1.165, 1.54) is 0 Å². The maximum atomic E-state index is 8.50. The number of hydrogen-bond acceptors (Lipinski definition) is 3. The Hall–Kier alpha value is -0.320. The van der Waals surface area contributed by atoms with Gasteiger partial charge in [0.15, 0.2) is 0 Å². The van der Waals surface area contributed by atoms with Crippen molar-refractivity contribution in [3.05, 3.63) is 33.8 Å². The highest BCUT2D eigenvalue weighted by molar-refractivity contribution is 6.35. The van der Waals surface area contributed by atoms with Crippen molar-refractivity contribution in [1.29, 1.82) is 0 Å². The first-order valence-corrected chi connectivity index (χ1v) is 6.33. The highest BCUT2D eigenvalue weighted by atomic mass is 35.5. The average molecular weight is 278 g/mol. The van der Waals surface area contributed by atoms with E-state index in [0.717, 1.165) is 25.1 Å². The summed E-state index contributed by atoms with van der Waals surface area (Å²) in [6, 6.07) is 5.53. The first-order valence-electron chi connectivity index (χ1n) is 5.57. The van der Waals surface area contributed by atoms with Gasteiger partial charge >= 0.3 is 0 Å². The van der Waals surface area contributed by atoms with Crippen molar-refractivity contribution in [2.45, 2.75) is 6.42 Å². The Kier molecular flexibility index (Phi) is 7.56. The molecule has 5 heteroatoms. The highest BCUT2D eigenvalue weighted by Gasteiger charge is 2.00. The lowest BCUT2D eigenvalue weighted by molar-refractivity contribution is 0.0940. The molecule has 1 aromatic rings. The van der Waals surface area contributed by atoms with Crippen LogP contribution in [-0.2, 0) is 11.2 Å². The van der Waals surface area contributed by atoms with Crippen LogP contribution in [0.4, 0.5) is 0 Å². The van der Waals surface area contributed by atoms with Crippen LogP contribution in [0, 0.1) is 0 Å². The SMILES string of the molecule is OCCOCCNCCc1ccc(Cl)cc1Cl. The molecule has 0 aliphatic rings. The number of halogens is 2.